The number of carbonyl (C=O) groups is 2. The van der Waals surface area contributed by atoms with Gasteiger partial charge in [0, 0.05) is 0 Å². The summed E-state index contributed by atoms with van der Waals surface area (Å²) in [5, 5.41) is 11.3. The van der Waals surface area contributed by atoms with E-state index in [1.807, 2.05) is 6.26 Å². The molecule has 1 aromatic carbocycles. The van der Waals surface area contributed by atoms with E-state index in [0.717, 1.165) is 18.2 Å². The highest BCUT2D eigenvalue weighted by molar-refractivity contribution is 7.98. The molecule has 0 unspecified atom stereocenters. The molecule has 0 heterocycles. The topological polar surface area (TPSA) is 92.4 Å². The maximum atomic E-state index is 13.1. The van der Waals surface area contributed by atoms with E-state index in [0.29, 0.717) is 12.2 Å². The molecule has 104 valence electrons. The van der Waals surface area contributed by atoms with E-state index >= 15 is 0 Å². The first kappa shape index (κ1) is 15.5. The van der Waals surface area contributed by atoms with Crippen molar-refractivity contribution in [1.29, 1.82) is 0 Å². The lowest BCUT2D eigenvalue weighted by Gasteiger charge is -2.13. The van der Waals surface area contributed by atoms with Gasteiger partial charge < -0.3 is 16.2 Å². The Morgan fingerprint density at radius 2 is 2.21 bits per heavy atom. The van der Waals surface area contributed by atoms with Crippen LogP contribution in [0, 0.1) is 5.82 Å². The van der Waals surface area contributed by atoms with Crippen LogP contribution in [0.4, 0.5) is 10.1 Å². The Labute approximate surface area is 114 Å². The second-order valence-corrected chi connectivity index (χ2v) is 4.86. The highest BCUT2D eigenvalue weighted by Crippen LogP contribution is 2.17. The number of carbonyl (C=O) groups excluding carboxylic acids is 1. The monoisotopic (exact) mass is 286 g/mol. The van der Waals surface area contributed by atoms with E-state index in [1.165, 1.54) is 0 Å². The van der Waals surface area contributed by atoms with Crippen molar-refractivity contribution >= 4 is 29.3 Å². The first-order valence-corrected chi connectivity index (χ1v) is 6.93. The molecule has 0 aliphatic carbocycles. The molecule has 1 amide bonds. The smallest absolute Gasteiger partial charge is 0.337 e. The number of carboxylic acid groups (broad SMARTS) is 1. The lowest BCUT2D eigenvalue weighted by Crippen LogP contribution is -2.36. The van der Waals surface area contributed by atoms with Gasteiger partial charge in [0.1, 0.15) is 5.82 Å². The van der Waals surface area contributed by atoms with Crippen molar-refractivity contribution in [3.63, 3.8) is 0 Å². The molecule has 0 saturated heterocycles. The Bertz CT molecular complexity index is 482. The summed E-state index contributed by atoms with van der Waals surface area (Å²) in [7, 11) is 0. The molecule has 0 radical (unpaired) electrons. The predicted octanol–water partition coefficient (Wildman–Crippen LogP) is 1.54. The van der Waals surface area contributed by atoms with Gasteiger partial charge in [-0.15, -0.1) is 0 Å². The minimum absolute atomic E-state index is 0.0860. The largest absolute Gasteiger partial charge is 0.478 e. The second kappa shape index (κ2) is 7.10. The van der Waals surface area contributed by atoms with Crippen LogP contribution in [-0.4, -0.2) is 35.0 Å². The summed E-state index contributed by atoms with van der Waals surface area (Å²) >= 11 is 1.55. The molecule has 1 rings (SSSR count). The summed E-state index contributed by atoms with van der Waals surface area (Å²) in [4.78, 5) is 22.7. The number of anilines is 1. The lowest BCUT2D eigenvalue weighted by atomic mass is 10.1. The minimum atomic E-state index is -1.24. The van der Waals surface area contributed by atoms with Crippen molar-refractivity contribution in [3.8, 4) is 0 Å². The fourth-order valence-corrected chi connectivity index (χ4v) is 1.90. The summed E-state index contributed by atoms with van der Waals surface area (Å²) in [6, 6.07) is 2.33. The molecule has 1 aromatic rings. The number of benzene rings is 1. The number of nitrogens with two attached hydrogens (primary N) is 1. The zero-order valence-electron chi connectivity index (χ0n) is 10.4. The van der Waals surface area contributed by atoms with Gasteiger partial charge in [0.25, 0.3) is 0 Å². The summed E-state index contributed by atoms with van der Waals surface area (Å²) in [6.45, 7) is 0. The number of nitrogens with one attached hydrogen (secondary N) is 1. The van der Waals surface area contributed by atoms with E-state index in [2.05, 4.69) is 5.32 Å². The summed E-state index contributed by atoms with van der Waals surface area (Å²) < 4.78 is 13.1. The molecular formula is C12H15FN2O3S. The van der Waals surface area contributed by atoms with Crippen LogP contribution in [0.15, 0.2) is 18.2 Å². The summed E-state index contributed by atoms with van der Waals surface area (Å²) in [6.07, 6.45) is 2.35. The van der Waals surface area contributed by atoms with Gasteiger partial charge in [-0.1, -0.05) is 0 Å². The molecule has 0 bridgehead atoms. The zero-order valence-corrected chi connectivity index (χ0v) is 11.2. The van der Waals surface area contributed by atoms with E-state index in [9.17, 15) is 14.0 Å². The van der Waals surface area contributed by atoms with E-state index in [1.54, 1.807) is 11.8 Å². The molecule has 4 N–H and O–H groups in total. The van der Waals surface area contributed by atoms with Gasteiger partial charge in [-0.2, -0.15) is 11.8 Å². The zero-order chi connectivity index (χ0) is 14.4. The molecule has 7 heteroatoms. The second-order valence-electron chi connectivity index (χ2n) is 3.87. The quantitative estimate of drug-likeness (QED) is 0.737. The van der Waals surface area contributed by atoms with Gasteiger partial charge in [0.2, 0.25) is 5.91 Å². The van der Waals surface area contributed by atoms with Gasteiger partial charge in [-0.05, 0) is 36.6 Å². The van der Waals surface area contributed by atoms with Crippen molar-refractivity contribution in [3.05, 3.63) is 29.6 Å². The van der Waals surface area contributed by atoms with Gasteiger partial charge >= 0.3 is 5.97 Å². The fourth-order valence-electron chi connectivity index (χ4n) is 1.41. The third-order valence-corrected chi connectivity index (χ3v) is 3.08. The molecule has 1 atom stereocenters. The van der Waals surface area contributed by atoms with Crippen LogP contribution < -0.4 is 11.1 Å². The Kier molecular flexibility index (Phi) is 5.78. The number of hydrogen-bond donors (Lipinski definition) is 3. The number of rotatable bonds is 6. The maximum Gasteiger partial charge on any atom is 0.337 e. The Morgan fingerprint density at radius 1 is 1.53 bits per heavy atom. The van der Waals surface area contributed by atoms with Gasteiger partial charge in [0.05, 0.1) is 17.3 Å². The van der Waals surface area contributed by atoms with E-state index < -0.39 is 23.7 Å². The van der Waals surface area contributed by atoms with Gasteiger partial charge in [0.15, 0.2) is 0 Å². The first-order valence-electron chi connectivity index (χ1n) is 5.54. The van der Waals surface area contributed by atoms with Gasteiger partial charge in [-0.3, -0.25) is 4.79 Å². The van der Waals surface area contributed by atoms with Crippen LogP contribution in [0.3, 0.4) is 0 Å². The van der Waals surface area contributed by atoms with E-state index in [4.69, 9.17) is 10.8 Å². The van der Waals surface area contributed by atoms with Crippen molar-refractivity contribution in [1.82, 2.24) is 0 Å². The van der Waals surface area contributed by atoms with Crippen LogP contribution in [0.2, 0.25) is 0 Å². The number of aromatic carboxylic acids is 1. The third kappa shape index (κ3) is 4.53. The molecule has 0 fully saturated rings. The predicted molar refractivity (Wildman–Crippen MR) is 73.0 cm³/mol. The molecule has 0 saturated carbocycles. The van der Waals surface area contributed by atoms with Crippen LogP contribution in [0.5, 0.6) is 0 Å². The summed E-state index contributed by atoms with van der Waals surface area (Å²) in [5.74, 6) is -1.68. The molecular weight excluding hydrogens is 271 g/mol. The Hall–Kier alpha value is -1.60. The average molecular weight is 286 g/mol. The Balaban J connectivity index is 2.83. The van der Waals surface area contributed by atoms with Gasteiger partial charge in [-0.25, -0.2) is 9.18 Å². The fraction of sp³-hybridized carbons (Fsp3) is 0.333. The minimum Gasteiger partial charge on any atom is -0.478 e. The first-order chi connectivity index (χ1) is 8.95. The normalized spacial score (nSPS) is 11.9. The number of hydrogen-bond acceptors (Lipinski definition) is 4. The highest BCUT2D eigenvalue weighted by Gasteiger charge is 2.17. The molecule has 0 aliphatic rings. The number of thioether (sulfide) groups is 1. The number of carboxylic acids is 1. The van der Waals surface area contributed by atoms with E-state index in [-0.39, 0.29) is 11.3 Å². The van der Waals surface area contributed by atoms with Crippen molar-refractivity contribution in [2.24, 2.45) is 5.73 Å². The molecule has 0 aromatic heterocycles. The van der Waals surface area contributed by atoms with Crippen molar-refractivity contribution < 1.29 is 19.1 Å². The highest BCUT2D eigenvalue weighted by atomic mass is 32.2. The number of amides is 1. The Morgan fingerprint density at radius 3 is 2.79 bits per heavy atom. The molecule has 19 heavy (non-hydrogen) atoms. The number of halogens is 1. The van der Waals surface area contributed by atoms with Crippen LogP contribution >= 0.6 is 11.8 Å². The molecule has 5 nitrogen and oxygen atoms in total. The lowest BCUT2D eigenvalue weighted by molar-refractivity contribution is -0.117. The molecule has 0 aliphatic heterocycles. The standard InChI is InChI=1S/C12H15FN2O3S/c1-19-5-4-9(14)11(16)15-10-6-7(13)2-3-8(10)12(17)18/h2-3,6,9H,4-5,14H2,1H3,(H,15,16)(H,17,18)/t9-/m1/s1. The summed E-state index contributed by atoms with van der Waals surface area (Å²) in [5.41, 5.74) is 5.39. The molecule has 0 spiro atoms. The maximum absolute atomic E-state index is 13.1. The van der Waals surface area contributed by atoms with Crippen LogP contribution in [-0.2, 0) is 4.79 Å². The average Bonchev–Trinajstić information content (AvgIpc) is 2.35. The van der Waals surface area contributed by atoms with Crippen molar-refractivity contribution in [2.75, 3.05) is 17.3 Å². The van der Waals surface area contributed by atoms with Crippen molar-refractivity contribution in [2.45, 2.75) is 12.5 Å². The SMILES string of the molecule is CSCC[C@@H](N)C(=O)Nc1cc(F)ccc1C(=O)O. The van der Waals surface area contributed by atoms with Crippen LogP contribution in [0.25, 0.3) is 0 Å². The third-order valence-electron chi connectivity index (χ3n) is 2.44. The van der Waals surface area contributed by atoms with Crippen LogP contribution in [0.1, 0.15) is 16.8 Å².